The molecule has 1 saturated carbocycles. The number of amides is 1. The van der Waals surface area contributed by atoms with E-state index in [1.807, 2.05) is 30.3 Å². The predicted molar refractivity (Wildman–Crippen MR) is 89.9 cm³/mol. The second kappa shape index (κ2) is 6.43. The van der Waals surface area contributed by atoms with E-state index in [1.165, 1.54) is 12.1 Å². The lowest BCUT2D eigenvalue weighted by atomic mass is 10.1. The van der Waals surface area contributed by atoms with Crippen LogP contribution in [0.2, 0.25) is 0 Å². The monoisotopic (exact) mass is 394 g/mol. The van der Waals surface area contributed by atoms with Gasteiger partial charge in [0.15, 0.2) is 0 Å². The molecule has 0 bridgehead atoms. The molecule has 3 rings (SSSR count). The Morgan fingerprint density at radius 2 is 1.70 bits per heavy atom. The van der Waals surface area contributed by atoms with Gasteiger partial charge in [-0.2, -0.15) is 0 Å². The van der Waals surface area contributed by atoms with Crippen LogP contribution in [0.5, 0.6) is 0 Å². The molecule has 0 radical (unpaired) electrons. The molecule has 1 amide bonds. The highest BCUT2D eigenvalue weighted by molar-refractivity contribution is 9.10. The fourth-order valence-corrected chi connectivity index (χ4v) is 3.55. The summed E-state index contributed by atoms with van der Waals surface area (Å²) in [5.41, 5.74) is 3.41. The number of hydrogen-bond acceptors (Lipinski definition) is 3. The second-order valence-corrected chi connectivity index (χ2v) is 8.01. The van der Waals surface area contributed by atoms with Crippen LogP contribution >= 0.6 is 15.9 Å². The molecule has 0 aromatic heterocycles. The number of carbonyl (C=O) groups is 1. The van der Waals surface area contributed by atoms with Crippen LogP contribution in [0.3, 0.4) is 0 Å². The number of nitrogens with one attached hydrogen (secondary N) is 2. The van der Waals surface area contributed by atoms with Crippen LogP contribution < -0.4 is 10.3 Å². The molecule has 1 fully saturated rings. The number of hydrazine groups is 1. The summed E-state index contributed by atoms with van der Waals surface area (Å²) in [6.07, 6.45) is 0.732. The highest BCUT2D eigenvalue weighted by Crippen LogP contribution is 2.47. The lowest BCUT2D eigenvalue weighted by Crippen LogP contribution is -2.42. The van der Waals surface area contributed by atoms with Crippen LogP contribution in [0.15, 0.2) is 64.0 Å². The van der Waals surface area contributed by atoms with Gasteiger partial charge in [-0.05, 0) is 42.2 Å². The molecule has 2 aromatic rings. The van der Waals surface area contributed by atoms with Crippen molar-refractivity contribution < 1.29 is 13.2 Å². The third-order valence-corrected chi connectivity index (χ3v) is 5.58. The molecule has 0 heterocycles. The minimum atomic E-state index is -3.76. The molecule has 120 valence electrons. The average molecular weight is 395 g/mol. The lowest BCUT2D eigenvalue weighted by Gasteiger charge is -2.08. The van der Waals surface area contributed by atoms with Crippen LogP contribution in [0.4, 0.5) is 0 Å². The minimum absolute atomic E-state index is 0.0939. The van der Waals surface area contributed by atoms with Crippen molar-refractivity contribution in [2.24, 2.45) is 5.92 Å². The van der Waals surface area contributed by atoms with Gasteiger partial charge in [0, 0.05) is 10.4 Å². The van der Waals surface area contributed by atoms with Crippen molar-refractivity contribution in [3.63, 3.8) is 0 Å². The van der Waals surface area contributed by atoms with Gasteiger partial charge in [0.2, 0.25) is 5.91 Å². The van der Waals surface area contributed by atoms with E-state index in [0.29, 0.717) is 0 Å². The number of halogens is 1. The van der Waals surface area contributed by atoms with Gasteiger partial charge < -0.3 is 0 Å². The molecule has 0 spiro atoms. The molecule has 2 N–H and O–H groups in total. The SMILES string of the molecule is O=C(NNS(=O)(=O)c1ccc(Br)cc1)[C@H]1C[C@H]1c1ccccc1. The highest BCUT2D eigenvalue weighted by Gasteiger charge is 2.44. The fourth-order valence-electron chi connectivity index (χ4n) is 2.44. The maximum atomic E-state index is 12.1. The summed E-state index contributed by atoms with van der Waals surface area (Å²) in [7, 11) is -3.76. The van der Waals surface area contributed by atoms with E-state index in [1.54, 1.807) is 12.1 Å². The smallest absolute Gasteiger partial charge is 0.257 e. The van der Waals surface area contributed by atoms with Crippen molar-refractivity contribution in [2.45, 2.75) is 17.2 Å². The van der Waals surface area contributed by atoms with Gasteiger partial charge in [0.05, 0.1) is 4.90 Å². The van der Waals surface area contributed by atoms with E-state index in [2.05, 4.69) is 26.2 Å². The number of hydrogen-bond donors (Lipinski definition) is 2. The van der Waals surface area contributed by atoms with Crippen molar-refractivity contribution in [1.29, 1.82) is 0 Å². The molecule has 2 aromatic carbocycles. The van der Waals surface area contributed by atoms with Crippen LogP contribution in [-0.2, 0) is 14.8 Å². The molecule has 5 nitrogen and oxygen atoms in total. The normalized spacial score (nSPS) is 20.0. The molecule has 0 aliphatic heterocycles. The Morgan fingerprint density at radius 1 is 1.04 bits per heavy atom. The zero-order valence-electron chi connectivity index (χ0n) is 12.1. The molecule has 2 atom stereocenters. The second-order valence-electron chi connectivity index (χ2n) is 5.41. The van der Waals surface area contributed by atoms with Crippen molar-refractivity contribution in [1.82, 2.24) is 10.3 Å². The molecule has 0 unspecified atom stereocenters. The largest absolute Gasteiger partial charge is 0.277 e. The van der Waals surface area contributed by atoms with Crippen molar-refractivity contribution in [2.75, 3.05) is 0 Å². The van der Waals surface area contributed by atoms with Gasteiger partial charge >= 0.3 is 0 Å². The standard InChI is InChI=1S/C16H15BrN2O3S/c17-12-6-8-13(9-7-12)23(21,22)19-18-16(20)15-10-14(15)11-4-2-1-3-5-11/h1-9,14-15,19H,10H2,(H,18,20)/t14-,15-/m0/s1. The van der Waals surface area contributed by atoms with Crippen molar-refractivity contribution >= 4 is 31.9 Å². The topological polar surface area (TPSA) is 75.3 Å². The number of rotatable bonds is 5. The first-order valence-electron chi connectivity index (χ1n) is 7.09. The van der Waals surface area contributed by atoms with E-state index in [9.17, 15) is 13.2 Å². The first kappa shape index (κ1) is 16.2. The highest BCUT2D eigenvalue weighted by atomic mass is 79.9. The zero-order chi connectivity index (χ0) is 16.4. The van der Waals surface area contributed by atoms with Crippen LogP contribution in [0, 0.1) is 5.92 Å². The van der Waals surface area contributed by atoms with Crippen LogP contribution in [0.1, 0.15) is 17.9 Å². The van der Waals surface area contributed by atoms with Crippen molar-refractivity contribution in [3.8, 4) is 0 Å². The summed E-state index contributed by atoms with van der Waals surface area (Å²) in [6, 6.07) is 15.9. The summed E-state index contributed by atoms with van der Waals surface area (Å²) in [5, 5.41) is 0. The summed E-state index contributed by atoms with van der Waals surface area (Å²) in [6.45, 7) is 0. The lowest BCUT2D eigenvalue weighted by molar-refractivity contribution is -0.122. The quantitative estimate of drug-likeness (QED) is 0.765. The van der Waals surface area contributed by atoms with Crippen LogP contribution in [0.25, 0.3) is 0 Å². The minimum Gasteiger partial charge on any atom is -0.277 e. The maximum absolute atomic E-state index is 12.1. The third kappa shape index (κ3) is 3.80. The Morgan fingerprint density at radius 3 is 2.35 bits per heavy atom. The molecule has 23 heavy (non-hydrogen) atoms. The Balaban J connectivity index is 1.58. The van der Waals surface area contributed by atoms with Crippen LogP contribution in [-0.4, -0.2) is 14.3 Å². The van der Waals surface area contributed by atoms with Gasteiger partial charge in [-0.15, -0.1) is 4.83 Å². The zero-order valence-corrected chi connectivity index (χ0v) is 14.5. The van der Waals surface area contributed by atoms with Gasteiger partial charge in [-0.25, -0.2) is 8.42 Å². The molecular weight excluding hydrogens is 380 g/mol. The summed E-state index contributed by atoms with van der Waals surface area (Å²) < 4.78 is 25.0. The molecule has 1 aliphatic carbocycles. The summed E-state index contributed by atoms with van der Waals surface area (Å²) >= 11 is 3.25. The van der Waals surface area contributed by atoms with E-state index >= 15 is 0 Å². The van der Waals surface area contributed by atoms with E-state index in [4.69, 9.17) is 0 Å². The maximum Gasteiger partial charge on any atom is 0.257 e. The molecule has 1 aliphatic rings. The predicted octanol–water partition coefficient (Wildman–Crippen LogP) is 2.56. The molecule has 0 saturated heterocycles. The van der Waals surface area contributed by atoms with Gasteiger partial charge in [0.1, 0.15) is 0 Å². The Hall–Kier alpha value is -1.70. The fraction of sp³-hybridized carbons (Fsp3) is 0.188. The van der Waals surface area contributed by atoms with Gasteiger partial charge in [0.25, 0.3) is 10.0 Å². The summed E-state index contributed by atoms with van der Waals surface area (Å²) in [4.78, 5) is 14.3. The van der Waals surface area contributed by atoms with Gasteiger partial charge in [-0.1, -0.05) is 46.3 Å². The Kier molecular flexibility index (Phi) is 4.52. The third-order valence-electron chi connectivity index (χ3n) is 3.79. The Bertz CT molecular complexity index is 807. The number of carbonyl (C=O) groups excluding carboxylic acids is 1. The first-order chi connectivity index (χ1) is 11.0. The molecular formula is C16H15BrN2O3S. The summed E-state index contributed by atoms with van der Waals surface area (Å²) in [5.74, 6) is -0.335. The van der Waals surface area contributed by atoms with E-state index in [0.717, 1.165) is 16.5 Å². The average Bonchev–Trinajstić information content (AvgIpc) is 3.35. The Labute approximate surface area is 143 Å². The van der Waals surface area contributed by atoms with Crippen molar-refractivity contribution in [3.05, 3.63) is 64.6 Å². The van der Waals surface area contributed by atoms with E-state index < -0.39 is 10.0 Å². The molecule has 7 heteroatoms. The van der Waals surface area contributed by atoms with E-state index in [-0.39, 0.29) is 22.6 Å². The first-order valence-corrected chi connectivity index (χ1v) is 9.37. The number of sulfonamides is 1. The number of benzene rings is 2. The van der Waals surface area contributed by atoms with Gasteiger partial charge in [-0.3, -0.25) is 10.2 Å².